The van der Waals surface area contributed by atoms with Gasteiger partial charge in [-0.1, -0.05) is 42.5 Å². The molecule has 9 heteroatoms. The van der Waals surface area contributed by atoms with Gasteiger partial charge < -0.3 is 10.5 Å². The van der Waals surface area contributed by atoms with Crippen LogP contribution in [-0.2, 0) is 26.1 Å². The molecule has 0 aliphatic heterocycles. The van der Waals surface area contributed by atoms with Gasteiger partial charge in [0.05, 0.1) is 29.2 Å². The lowest BCUT2D eigenvalue weighted by Crippen LogP contribution is -2.41. The van der Waals surface area contributed by atoms with Crippen LogP contribution in [0.5, 0.6) is 0 Å². The summed E-state index contributed by atoms with van der Waals surface area (Å²) in [6.45, 7) is -0.188. The van der Waals surface area contributed by atoms with E-state index in [9.17, 15) is 18.0 Å². The predicted molar refractivity (Wildman–Crippen MR) is 120 cm³/mol. The number of amides is 1. The summed E-state index contributed by atoms with van der Waals surface area (Å²) >= 11 is 0. The van der Waals surface area contributed by atoms with Crippen molar-refractivity contribution in [2.75, 3.05) is 7.11 Å². The van der Waals surface area contributed by atoms with Crippen LogP contribution in [0.2, 0.25) is 0 Å². The number of benzene rings is 3. The summed E-state index contributed by atoms with van der Waals surface area (Å²) in [5.74, 6) is -1.37. The van der Waals surface area contributed by atoms with Crippen molar-refractivity contribution in [2.45, 2.75) is 17.5 Å². The molecule has 3 aromatic carbocycles. The Kier molecular flexibility index (Phi) is 7.23. The number of nitrogens with zero attached hydrogens (tertiary/aromatic N) is 2. The Morgan fingerprint density at radius 2 is 1.61 bits per heavy atom. The molecular weight excluding hydrogens is 442 g/mol. The van der Waals surface area contributed by atoms with Crippen LogP contribution in [0, 0.1) is 11.3 Å². The summed E-state index contributed by atoms with van der Waals surface area (Å²) in [4.78, 5) is 24.1. The van der Waals surface area contributed by atoms with E-state index in [0.29, 0.717) is 22.3 Å². The maximum Gasteiger partial charge on any atom is 0.337 e. The van der Waals surface area contributed by atoms with E-state index in [4.69, 9.17) is 11.0 Å². The minimum atomic E-state index is -4.22. The van der Waals surface area contributed by atoms with Crippen LogP contribution >= 0.6 is 0 Å². The fraction of sp³-hybridized carbons (Fsp3) is 0.125. The number of nitrogens with two attached hydrogens (primary N) is 1. The number of hydrogen-bond acceptors (Lipinski definition) is 6. The lowest BCUT2D eigenvalue weighted by atomic mass is 10.1. The fourth-order valence-electron chi connectivity index (χ4n) is 3.30. The molecule has 8 nitrogen and oxygen atoms in total. The molecule has 0 heterocycles. The van der Waals surface area contributed by atoms with Gasteiger partial charge in [0.15, 0.2) is 0 Å². The molecule has 0 unspecified atom stereocenters. The van der Waals surface area contributed by atoms with Gasteiger partial charge in [-0.2, -0.15) is 9.57 Å². The molecule has 0 saturated carbocycles. The first-order valence-electron chi connectivity index (χ1n) is 9.81. The maximum absolute atomic E-state index is 13.6. The molecule has 3 rings (SSSR count). The molecule has 2 N–H and O–H groups in total. The Morgan fingerprint density at radius 1 is 1.00 bits per heavy atom. The Morgan fingerprint density at radius 3 is 2.12 bits per heavy atom. The van der Waals surface area contributed by atoms with E-state index in [0.717, 1.165) is 4.31 Å². The monoisotopic (exact) mass is 463 g/mol. The van der Waals surface area contributed by atoms with E-state index in [1.165, 1.54) is 43.5 Å². The Labute approximate surface area is 191 Å². The molecule has 0 aromatic heterocycles. The minimum absolute atomic E-state index is 0.0881. The van der Waals surface area contributed by atoms with Crippen LogP contribution in [0.25, 0.3) is 0 Å². The molecule has 1 atom stereocenters. The molecule has 33 heavy (non-hydrogen) atoms. The highest BCUT2D eigenvalue weighted by molar-refractivity contribution is 7.89. The van der Waals surface area contributed by atoms with Gasteiger partial charge in [0.25, 0.3) is 0 Å². The van der Waals surface area contributed by atoms with Crippen LogP contribution in [0.1, 0.15) is 33.1 Å². The first kappa shape index (κ1) is 23.7. The highest BCUT2D eigenvalue weighted by Crippen LogP contribution is 2.30. The third-order valence-corrected chi connectivity index (χ3v) is 6.80. The number of esters is 1. The predicted octanol–water partition coefficient (Wildman–Crippen LogP) is 2.76. The largest absolute Gasteiger partial charge is 0.465 e. The maximum atomic E-state index is 13.6. The SMILES string of the molecule is COC(=O)c1ccc(CN([C@@H](C(N)=O)c2ccccc2)S(=O)(=O)c2ccc(C#N)cc2)cc1. The second-order valence-electron chi connectivity index (χ2n) is 7.09. The Balaban J connectivity index is 2.10. The van der Waals surface area contributed by atoms with E-state index in [2.05, 4.69) is 4.74 Å². The summed E-state index contributed by atoms with van der Waals surface area (Å²) in [5.41, 5.74) is 7.22. The van der Waals surface area contributed by atoms with Gasteiger partial charge in [-0.15, -0.1) is 0 Å². The number of rotatable bonds is 8. The Hall–Kier alpha value is -4.00. The number of nitriles is 1. The highest BCUT2D eigenvalue weighted by Gasteiger charge is 2.36. The van der Waals surface area contributed by atoms with Gasteiger partial charge in [0, 0.05) is 6.54 Å². The molecule has 0 aliphatic rings. The third kappa shape index (κ3) is 5.26. The number of carbonyl (C=O) groups is 2. The van der Waals surface area contributed by atoms with Crippen LogP contribution in [0.15, 0.2) is 83.8 Å². The van der Waals surface area contributed by atoms with Crippen molar-refractivity contribution in [3.8, 4) is 6.07 Å². The number of methoxy groups -OCH3 is 1. The van der Waals surface area contributed by atoms with Gasteiger partial charge in [-0.3, -0.25) is 4.79 Å². The van der Waals surface area contributed by atoms with Crippen LogP contribution in [0.4, 0.5) is 0 Å². The first-order chi connectivity index (χ1) is 15.8. The third-order valence-electron chi connectivity index (χ3n) is 4.98. The van der Waals surface area contributed by atoms with Gasteiger partial charge in [0.2, 0.25) is 15.9 Å². The van der Waals surface area contributed by atoms with E-state index in [-0.39, 0.29) is 11.4 Å². The van der Waals surface area contributed by atoms with E-state index in [1.807, 2.05) is 6.07 Å². The molecule has 0 aliphatic carbocycles. The zero-order valence-electron chi connectivity index (χ0n) is 17.7. The van der Waals surface area contributed by atoms with E-state index < -0.39 is 27.9 Å². The number of carbonyl (C=O) groups excluding carboxylic acids is 2. The van der Waals surface area contributed by atoms with Gasteiger partial charge >= 0.3 is 5.97 Å². The molecular formula is C24H21N3O5S. The van der Waals surface area contributed by atoms with Gasteiger partial charge in [-0.05, 0) is 47.5 Å². The number of primary amides is 1. The summed E-state index contributed by atoms with van der Waals surface area (Å²) in [5, 5.41) is 9.02. The minimum Gasteiger partial charge on any atom is -0.465 e. The normalized spacial score (nSPS) is 12.0. The van der Waals surface area contributed by atoms with Gasteiger partial charge in [0.1, 0.15) is 6.04 Å². The van der Waals surface area contributed by atoms with Crippen LogP contribution in [0.3, 0.4) is 0 Å². The summed E-state index contributed by atoms with van der Waals surface area (Å²) in [7, 11) is -2.95. The summed E-state index contributed by atoms with van der Waals surface area (Å²) in [6.07, 6.45) is 0. The van der Waals surface area contributed by atoms with Crippen molar-refractivity contribution in [3.05, 3.63) is 101 Å². The Bertz CT molecular complexity index is 1280. The lowest BCUT2D eigenvalue weighted by molar-refractivity contribution is -0.122. The van der Waals surface area contributed by atoms with Gasteiger partial charge in [-0.25, -0.2) is 13.2 Å². The zero-order valence-corrected chi connectivity index (χ0v) is 18.5. The number of ether oxygens (including phenoxy) is 1. The standard InChI is InChI=1S/C24H21N3O5S/c1-32-24(29)20-11-7-18(8-12-20)16-27(22(23(26)28)19-5-3-2-4-6-19)33(30,31)21-13-9-17(15-25)10-14-21/h2-14,22H,16H2,1H3,(H2,26,28)/t22-/m1/s1. The van der Waals surface area contributed by atoms with Crippen LogP contribution in [-0.4, -0.2) is 31.7 Å². The second-order valence-corrected chi connectivity index (χ2v) is 8.98. The van der Waals surface area contributed by atoms with Crippen molar-refractivity contribution in [2.24, 2.45) is 5.73 Å². The average molecular weight is 464 g/mol. The van der Waals surface area contributed by atoms with Crippen molar-refractivity contribution in [1.82, 2.24) is 4.31 Å². The zero-order chi connectivity index (χ0) is 24.0. The molecule has 168 valence electrons. The quantitative estimate of drug-likeness (QED) is 0.511. The van der Waals surface area contributed by atoms with Crippen LogP contribution < -0.4 is 5.73 Å². The molecule has 0 bridgehead atoms. The molecule has 1 amide bonds. The fourth-order valence-corrected chi connectivity index (χ4v) is 4.88. The topological polar surface area (TPSA) is 131 Å². The van der Waals surface area contributed by atoms with Crippen molar-refractivity contribution in [1.29, 1.82) is 5.26 Å². The van der Waals surface area contributed by atoms with E-state index >= 15 is 0 Å². The summed E-state index contributed by atoms with van der Waals surface area (Å²) < 4.78 is 33.0. The molecule has 0 fully saturated rings. The highest BCUT2D eigenvalue weighted by atomic mass is 32.2. The average Bonchev–Trinajstić information content (AvgIpc) is 2.84. The number of sulfonamides is 1. The summed E-state index contributed by atoms with van der Waals surface area (Å²) in [6, 6.07) is 20.6. The smallest absolute Gasteiger partial charge is 0.337 e. The lowest BCUT2D eigenvalue weighted by Gasteiger charge is -2.29. The first-order valence-corrected chi connectivity index (χ1v) is 11.3. The van der Waals surface area contributed by atoms with Crippen molar-refractivity contribution >= 4 is 21.9 Å². The molecule has 0 saturated heterocycles. The number of hydrogen-bond donors (Lipinski definition) is 1. The van der Waals surface area contributed by atoms with Crippen molar-refractivity contribution in [3.63, 3.8) is 0 Å². The molecule has 0 radical (unpaired) electrons. The second kappa shape index (κ2) is 10.1. The van der Waals surface area contributed by atoms with Crippen molar-refractivity contribution < 1.29 is 22.7 Å². The molecule has 0 spiro atoms. The molecule has 3 aromatic rings. The van der Waals surface area contributed by atoms with E-state index in [1.54, 1.807) is 42.5 Å².